The summed E-state index contributed by atoms with van der Waals surface area (Å²) in [6.45, 7) is 0. The molecule has 0 fully saturated rings. The number of halogens is 2. The third-order valence-electron chi connectivity index (χ3n) is 4.06. The van der Waals surface area contributed by atoms with Crippen LogP contribution in [0.5, 0.6) is 0 Å². The van der Waals surface area contributed by atoms with Crippen molar-refractivity contribution in [3.05, 3.63) is 88.0 Å². The first-order valence-corrected chi connectivity index (χ1v) is 10.2. The molecule has 0 saturated carbocycles. The maximum Gasteiger partial charge on any atom is 0.255 e. The van der Waals surface area contributed by atoms with Crippen LogP contribution < -0.4 is 10.6 Å². The zero-order chi connectivity index (χ0) is 20.2. The highest BCUT2D eigenvalue weighted by molar-refractivity contribution is 7.14. The lowest BCUT2D eigenvalue weighted by atomic mass is 10.2. The predicted molar refractivity (Wildman–Crippen MR) is 119 cm³/mol. The Morgan fingerprint density at radius 2 is 1.62 bits per heavy atom. The molecule has 8 heteroatoms. The van der Waals surface area contributed by atoms with Crippen LogP contribution in [0.1, 0.15) is 10.4 Å². The lowest BCUT2D eigenvalue weighted by Crippen LogP contribution is -2.11. The van der Waals surface area contributed by atoms with Gasteiger partial charge in [0.25, 0.3) is 5.91 Å². The summed E-state index contributed by atoms with van der Waals surface area (Å²) >= 11 is 13.4. The fourth-order valence-electron chi connectivity index (χ4n) is 2.59. The van der Waals surface area contributed by atoms with Crippen LogP contribution in [0.4, 0.5) is 16.5 Å². The number of carbonyl (C=O) groups is 1. The summed E-state index contributed by atoms with van der Waals surface area (Å²) in [5.74, 6) is -0.258. The van der Waals surface area contributed by atoms with Crippen molar-refractivity contribution in [2.45, 2.75) is 0 Å². The highest BCUT2D eigenvalue weighted by Gasteiger charge is 2.09. The molecule has 144 valence electrons. The molecule has 0 radical (unpaired) electrons. The lowest BCUT2D eigenvalue weighted by molar-refractivity contribution is 0.102. The Kier molecular flexibility index (Phi) is 5.76. The number of nitrogens with one attached hydrogen (secondary N) is 2. The summed E-state index contributed by atoms with van der Waals surface area (Å²) in [4.78, 5) is 21.0. The van der Waals surface area contributed by atoms with Gasteiger partial charge in [0.2, 0.25) is 0 Å². The first-order valence-electron chi connectivity index (χ1n) is 8.58. The molecule has 2 aromatic carbocycles. The van der Waals surface area contributed by atoms with Crippen molar-refractivity contribution in [2.24, 2.45) is 0 Å². The lowest BCUT2D eigenvalue weighted by Gasteiger charge is -2.08. The van der Waals surface area contributed by atoms with E-state index in [2.05, 4.69) is 20.6 Å². The third kappa shape index (κ3) is 4.74. The minimum absolute atomic E-state index is 0.258. The van der Waals surface area contributed by atoms with E-state index >= 15 is 0 Å². The van der Waals surface area contributed by atoms with Crippen molar-refractivity contribution < 1.29 is 4.79 Å². The van der Waals surface area contributed by atoms with E-state index in [4.69, 9.17) is 23.2 Å². The first-order chi connectivity index (χ1) is 14.1. The van der Waals surface area contributed by atoms with Crippen LogP contribution >= 0.6 is 34.5 Å². The highest BCUT2D eigenvalue weighted by Crippen LogP contribution is 2.27. The molecule has 0 bridgehead atoms. The number of hydrogen-bond donors (Lipinski definition) is 2. The number of amides is 1. The molecule has 29 heavy (non-hydrogen) atoms. The SMILES string of the molecule is O=C(Nc1ccc(Nc2nc(-c3ccncc3)cs2)cc1)c1ccc(Cl)c(Cl)c1. The molecule has 0 atom stereocenters. The summed E-state index contributed by atoms with van der Waals surface area (Å²) < 4.78 is 0. The fraction of sp³-hybridized carbons (Fsp3) is 0. The monoisotopic (exact) mass is 440 g/mol. The molecule has 1 amide bonds. The van der Waals surface area contributed by atoms with E-state index in [1.165, 1.54) is 17.4 Å². The molecule has 0 saturated heterocycles. The molecule has 2 N–H and O–H groups in total. The van der Waals surface area contributed by atoms with Crippen molar-refractivity contribution in [1.82, 2.24) is 9.97 Å². The molecule has 0 aliphatic carbocycles. The molecule has 2 aromatic heterocycles. The van der Waals surface area contributed by atoms with E-state index in [1.54, 1.807) is 24.5 Å². The molecule has 2 heterocycles. The second-order valence-electron chi connectivity index (χ2n) is 6.06. The van der Waals surface area contributed by atoms with Gasteiger partial charge in [-0.25, -0.2) is 4.98 Å². The van der Waals surface area contributed by atoms with Crippen LogP contribution in [-0.4, -0.2) is 15.9 Å². The molecular formula is C21H14Cl2N4OS. The average Bonchev–Trinajstić information content (AvgIpc) is 3.20. The van der Waals surface area contributed by atoms with Crippen molar-refractivity contribution in [1.29, 1.82) is 0 Å². The average molecular weight is 441 g/mol. The van der Waals surface area contributed by atoms with Crippen molar-refractivity contribution in [2.75, 3.05) is 10.6 Å². The van der Waals surface area contributed by atoms with E-state index in [0.29, 0.717) is 21.3 Å². The standard InChI is InChI=1S/C21H14Cl2N4OS/c22-17-6-1-14(11-18(17)23)20(28)25-15-2-4-16(5-3-15)26-21-27-19(12-29-21)13-7-9-24-10-8-13/h1-12H,(H,25,28)(H,26,27). The second kappa shape index (κ2) is 8.61. The van der Waals surface area contributed by atoms with E-state index in [-0.39, 0.29) is 5.91 Å². The Morgan fingerprint density at radius 1 is 0.897 bits per heavy atom. The zero-order valence-corrected chi connectivity index (χ0v) is 17.2. The normalized spacial score (nSPS) is 10.6. The number of carbonyl (C=O) groups excluding carboxylic acids is 1. The molecular weight excluding hydrogens is 427 g/mol. The second-order valence-corrected chi connectivity index (χ2v) is 7.73. The number of nitrogens with zero attached hydrogens (tertiary/aromatic N) is 2. The van der Waals surface area contributed by atoms with Crippen molar-refractivity contribution in [3.63, 3.8) is 0 Å². The van der Waals surface area contributed by atoms with Gasteiger partial charge in [0, 0.05) is 40.3 Å². The summed E-state index contributed by atoms with van der Waals surface area (Å²) in [6, 6.07) is 16.0. The maximum absolute atomic E-state index is 12.3. The number of hydrogen-bond acceptors (Lipinski definition) is 5. The maximum atomic E-state index is 12.3. The van der Waals surface area contributed by atoms with Crippen LogP contribution in [0.2, 0.25) is 10.0 Å². The van der Waals surface area contributed by atoms with Gasteiger partial charge in [-0.15, -0.1) is 11.3 Å². The van der Waals surface area contributed by atoms with E-state index < -0.39 is 0 Å². The molecule has 0 aliphatic heterocycles. The molecule has 4 rings (SSSR count). The summed E-state index contributed by atoms with van der Waals surface area (Å²) in [5, 5.41) is 9.62. The van der Waals surface area contributed by atoms with Crippen molar-refractivity contribution >= 4 is 57.0 Å². The van der Waals surface area contributed by atoms with Gasteiger partial charge in [0.05, 0.1) is 15.7 Å². The van der Waals surface area contributed by atoms with Crippen LogP contribution in [-0.2, 0) is 0 Å². The number of rotatable bonds is 5. The largest absolute Gasteiger partial charge is 0.332 e. The zero-order valence-electron chi connectivity index (χ0n) is 14.9. The quantitative estimate of drug-likeness (QED) is 0.371. The Balaban J connectivity index is 1.41. The number of anilines is 3. The van der Waals surface area contributed by atoms with Gasteiger partial charge in [-0.05, 0) is 54.6 Å². The van der Waals surface area contributed by atoms with Gasteiger partial charge in [0.1, 0.15) is 0 Å². The molecule has 0 spiro atoms. The van der Waals surface area contributed by atoms with E-state index in [0.717, 1.165) is 22.1 Å². The topological polar surface area (TPSA) is 66.9 Å². The smallest absolute Gasteiger partial charge is 0.255 e. The van der Waals surface area contributed by atoms with Gasteiger partial charge in [0.15, 0.2) is 5.13 Å². The Bertz CT molecular complexity index is 1150. The van der Waals surface area contributed by atoms with Gasteiger partial charge >= 0.3 is 0 Å². The van der Waals surface area contributed by atoms with Crippen LogP contribution in [0, 0.1) is 0 Å². The third-order valence-corrected chi connectivity index (χ3v) is 5.55. The minimum atomic E-state index is -0.258. The fourth-order valence-corrected chi connectivity index (χ4v) is 3.63. The highest BCUT2D eigenvalue weighted by atomic mass is 35.5. The van der Waals surface area contributed by atoms with E-state index in [1.807, 2.05) is 41.8 Å². The molecule has 4 aromatic rings. The van der Waals surface area contributed by atoms with Crippen LogP contribution in [0.3, 0.4) is 0 Å². The summed E-state index contributed by atoms with van der Waals surface area (Å²) in [5.41, 5.74) is 3.89. The minimum Gasteiger partial charge on any atom is -0.332 e. The first kappa shape index (κ1) is 19.4. The van der Waals surface area contributed by atoms with Gasteiger partial charge in [-0.2, -0.15) is 0 Å². The molecule has 0 aliphatic rings. The van der Waals surface area contributed by atoms with Crippen LogP contribution in [0.25, 0.3) is 11.3 Å². The van der Waals surface area contributed by atoms with Crippen molar-refractivity contribution in [3.8, 4) is 11.3 Å². The number of aromatic nitrogens is 2. The predicted octanol–water partition coefficient (Wildman–Crippen LogP) is 6.51. The molecule has 5 nitrogen and oxygen atoms in total. The Morgan fingerprint density at radius 3 is 2.34 bits per heavy atom. The van der Waals surface area contributed by atoms with Crippen LogP contribution in [0.15, 0.2) is 72.4 Å². The molecule has 0 unspecified atom stereocenters. The Labute approximate surface area is 181 Å². The summed E-state index contributed by atoms with van der Waals surface area (Å²) in [6.07, 6.45) is 3.49. The van der Waals surface area contributed by atoms with E-state index in [9.17, 15) is 4.79 Å². The number of pyridine rings is 1. The number of thiazole rings is 1. The Hall–Kier alpha value is -2.93. The summed E-state index contributed by atoms with van der Waals surface area (Å²) in [7, 11) is 0. The van der Waals surface area contributed by atoms with Gasteiger partial charge < -0.3 is 10.6 Å². The van der Waals surface area contributed by atoms with Gasteiger partial charge in [-0.1, -0.05) is 23.2 Å². The number of benzene rings is 2. The van der Waals surface area contributed by atoms with Gasteiger partial charge in [-0.3, -0.25) is 9.78 Å².